The van der Waals surface area contributed by atoms with Crippen LogP contribution in [-0.2, 0) is 0 Å². The molecule has 0 amide bonds. The molecule has 8 aromatic carbocycles. The van der Waals surface area contributed by atoms with Gasteiger partial charge in [-0.2, -0.15) is 0 Å². The predicted octanol–water partition coefficient (Wildman–Crippen LogP) is 11.5. The topological polar surface area (TPSA) is 30.7 Å². The Kier molecular flexibility index (Phi) is 5.57. The van der Waals surface area contributed by atoms with Crippen molar-refractivity contribution in [2.24, 2.45) is 0 Å². The normalized spacial score (nSPS) is 11.8. The summed E-state index contributed by atoms with van der Waals surface area (Å²) in [7, 11) is 0. The third-order valence-corrected chi connectivity index (χ3v) is 9.58. The second-order valence-electron chi connectivity index (χ2n) is 12.2. The molecular weight excluding hydrogens is 571 g/mol. The molecule has 0 atom stereocenters. The number of nitrogens with zero attached hydrogens (tertiary/aromatic N) is 3. The Bertz CT molecular complexity index is 2750. The molecule has 0 radical (unpaired) electrons. The van der Waals surface area contributed by atoms with Crippen molar-refractivity contribution in [3.05, 3.63) is 164 Å². The van der Waals surface area contributed by atoms with Gasteiger partial charge in [-0.15, -0.1) is 0 Å². The van der Waals surface area contributed by atoms with E-state index < -0.39 is 0 Å². The summed E-state index contributed by atoms with van der Waals surface area (Å²) in [6, 6.07) is 58.4. The molecule has 0 fully saturated rings. The average molecular weight is 598 g/mol. The fourth-order valence-electron chi connectivity index (χ4n) is 7.50. The van der Waals surface area contributed by atoms with Crippen molar-refractivity contribution < 1.29 is 0 Å². The zero-order valence-electron chi connectivity index (χ0n) is 25.4. The van der Waals surface area contributed by atoms with E-state index in [0.717, 1.165) is 50.0 Å². The van der Waals surface area contributed by atoms with Gasteiger partial charge in [-0.05, 0) is 51.2 Å². The Balaban J connectivity index is 1.29. The van der Waals surface area contributed by atoms with Gasteiger partial charge >= 0.3 is 0 Å². The zero-order valence-corrected chi connectivity index (χ0v) is 25.4. The van der Waals surface area contributed by atoms with E-state index in [1.807, 2.05) is 12.1 Å². The van der Waals surface area contributed by atoms with Gasteiger partial charge in [0, 0.05) is 32.7 Å². The molecule has 0 aliphatic rings. The van der Waals surface area contributed by atoms with Crippen LogP contribution >= 0.6 is 0 Å². The maximum atomic E-state index is 5.23. The molecular formula is C44H27N3. The van der Waals surface area contributed by atoms with Crippen molar-refractivity contribution in [1.29, 1.82) is 0 Å². The van der Waals surface area contributed by atoms with E-state index in [2.05, 4.69) is 156 Å². The summed E-state index contributed by atoms with van der Waals surface area (Å²) in [5.74, 6) is 0.726. The average Bonchev–Trinajstić information content (AvgIpc) is 3.49. The number of fused-ring (bicyclic) bond motifs is 9. The summed E-state index contributed by atoms with van der Waals surface area (Å²) in [5, 5.41) is 10.9. The minimum atomic E-state index is 0.726. The lowest BCUT2D eigenvalue weighted by molar-refractivity contribution is 1.20. The maximum absolute atomic E-state index is 5.23. The lowest BCUT2D eigenvalue weighted by atomic mass is 10.00. The van der Waals surface area contributed by atoms with Crippen LogP contribution in [0.5, 0.6) is 0 Å². The zero-order chi connectivity index (χ0) is 30.9. The minimum absolute atomic E-state index is 0.726. The van der Waals surface area contributed by atoms with Crippen LogP contribution in [0.25, 0.3) is 93.4 Å². The summed E-state index contributed by atoms with van der Waals surface area (Å²) >= 11 is 0. The molecule has 0 aliphatic heterocycles. The first-order chi connectivity index (χ1) is 23.3. The summed E-state index contributed by atoms with van der Waals surface area (Å²) in [5.41, 5.74) is 7.51. The number of aromatic nitrogens is 3. The van der Waals surface area contributed by atoms with Crippen LogP contribution in [0.4, 0.5) is 0 Å². The number of rotatable bonds is 3. The van der Waals surface area contributed by atoms with Crippen LogP contribution in [0, 0.1) is 0 Å². The Morgan fingerprint density at radius 3 is 1.68 bits per heavy atom. The van der Waals surface area contributed by atoms with Gasteiger partial charge < -0.3 is 4.57 Å². The van der Waals surface area contributed by atoms with E-state index in [1.54, 1.807) is 0 Å². The second-order valence-corrected chi connectivity index (χ2v) is 12.2. The minimum Gasteiger partial charge on any atom is -0.309 e. The molecule has 0 spiro atoms. The number of hydrogen-bond donors (Lipinski definition) is 0. The Labute approximate surface area is 271 Å². The van der Waals surface area contributed by atoms with Crippen molar-refractivity contribution in [2.45, 2.75) is 0 Å². The summed E-state index contributed by atoms with van der Waals surface area (Å²) in [6.07, 6.45) is 0. The number of para-hydroxylation sites is 1. The summed E-state index contributed by atoms with van der Waals surface area (Å²) in [6.45, 7) is 0. The fourth-order valence-corrected chi connectivity index (χ4v) is 7.50. The van der Waals surface area contributed by atoms with Crippen LogP contribution in [0.2, 0.25) is 0 Å². The molecule has 47 heavy (non-hydrogen) atoms. The van der Waals surface area contributed by atoms with Gasteiger partial charge in [-0.3, -0.25) is 0 Å². The van der Waals surface area contributed by atoms with Crippen LogP contribution in [-0.4, -0.2) is 14.5 Å². The molecule has 10 rings (SSSR count). The van der Waals surface area contributed by atoms with Gasteiger partial charge in [0.1, 0.15) is 0 Å². The highest BCUT2D eigenvalue weighted by molar-refractivity contribution is 6.28. The van der Waals surface area contributed by atoms with Crippen molar-refractivity contribution in [1.82, 2.24) is 14.5 Å². The van der Waals surface area contributed by atoms with E-state index in [-0.39, 0.29) is 0 Å². The highest BCUT2D eigenvalue weighted by atomic mass is 15.0. The first kappa shape index (κ1) is 26.0. The smallest absolute Gasteiger partial charge is 0.161 e. The van der Waals surface area contributed by atoms with Crippen molar-refractivity contribution in [3.63, 3.8) is 0 Å². The molecule has 0 unspecified atom stereocenters. The fraction of sp³-hybridized carbons (Fsp3) is 0. The second kappa shape index (κ2) is 10.1. The van der Waals surface area contributed by atoms with Crippen molar-refractivity contribution in [3.8, 4) is 28.3 Å². The highest BCUT2D eigenvalue weighted by Crippen LogP contribution is 2.42. The molecule has 0 N–H and O–H groups in total. The van der Waals surface area contributed by atoms with E-state index >= 15 is 0 Å². The van der Waals surface area contributed by atoms with E-state index in [1.165, 1.54) is 43.4 Å². The number of benzene rings is 8. The standard InChI is InChI=1S/C44H27N3/c1-2-14-30(15-3-1)43-36-18-8-9-22-37(36)45-44(46-43)35-21-10-20-34-33(35)19-11-23-38(34)47-39-26-24-28-12-4-6-16-31(28)41(39)42-32-17-7-5-13-29(32)25-27-40(42)47/h1-27H. The molecule has 0 aliphatic carbocycles. The maximum Gasteiger partial charge on any atom is 0.161 e. The predicted molar refractivity (Wildman–Crippen MR) is 197 cm³/mol. The number of hydrogen-bond acceptors (Lipinski definition) is 2. The van der Waals surface area contributed by atoms with Gasteiger partial charge in [0.25, 0.3) is 0 Å². The van der Waals surface area contributed by atoms with Crippen molar-refractivity contribution >= 4 is 65.0 Å². The molecule has 3 heteroatoms. The van der Waals surface area contributed by atoms with E-state index in [9.17, 15) is 0 Å². The van der Waals surface area contributed by atoms with Crippen molar-refractivity contribution in [2.75, 3.05) is 0 Å². The third-order valence-electron chi connectivity index (χ3n) is 9.58. The van der Waals surface area contributed by atoms with Gasteiger partial charge in [-0.25, -0.2) is 9.97 Å². The molecule has 2 heterocycles. The van der Waals surface area contributed by atoms with Gasteiger partial charge in [-0.1, -0.05) is 140 Å². The molecule has 0 bridgehead atoms. The third kappa shape index (κ3) is 3.87. The van der Waals surface area contributed by atoms with E-state index in [4.69, 9.17) is 9.97 Å². The highest BCUT2D eigenvalue weighted by Gasteiger charge is 2.20. The summed E-state index contributed by atoms with van der Waals surface area (Å²) in [4.78, 5) is 10.4. The summed E-state index contributed by atoms with van der Waals surface area (Å²) < 4.78 is 2.45. The monoisotopic (exact) mass is 597 g/mol. The molecule has 0 saturated carbocycles. The largest absolute Gasteiger partial charge is 0.309 e. The Hall–Kier alpha value is -6.32. The molecule has 0 saturated heterocycles. The van der Waals surface area contributed by atoms with Crippen LogP contribution in [0.1, 0.15) is 0 Å². The molecule has 218 valence electrons. The van der Waals surface area contributed by atoms with Gasteiger partial charge in [0.2, 0.25) is 0 Å². The van der Waals surface area contributed by atoms with Gasteiger partial charge in [0.05, 0.1) is 27.9 Å². The molecule has 2 aromatic heterocycles. The van der Waals surface area contributed by atoms with E-state index in [0.29, 0.717) is 0 Å². The molecule has 10 aromatic rings. The SMILES string of the molecule is c1ccc(-c2nc(-c3cccc4c(-n5c6ccc7ccccc7c6c6c7ccccc7ccc65)cccc34)nc3ccccc23)cc1. The lowest BCUT2D eigenvalue weighted by Gasteiger charge is -2.15. The van der Waals surface area contributed by atoms with Gasteiger partial charge in [0.15, 0.2) is 5.82 Å². The van der Waals surface area contributed by atoms with Crippen LogP contribution < -0.4 is 0 Å². The van der Waals surface area contributed by atoms with Crippen LogP contribution in [0.3, 0.4) is 0 Å². The first-order valence-electron chi connectivity index (χ1n) is 16.0. The van der Waals surface area contributed by atoms with Crippen LogP contribution in [0.15, 0.2) is 164 Å². The lowest BCUT2D eigenvalue weighted by Crippen LogP contribution is -1.98. The first-order valence-corrected chi connectivity index (χ1v) is 16.0. The Morgan fingerprint density at radius 1 is 0.383 bits per heavy atom. The quantitative estimate of drug-likeness (QED) is 0.203. The Morgan fingerprint density at radius 2 is 0.957 bits per heavy atom. The molecule has 3 nitrogen and oxygen atoms in total.